The van der Waals surface area contributed by atoms with E-state index in [0.717, 1.165) is 23.3 Å². The zero-order valence-corrected chi connectivity index (χ0v) is 17.3. The van der Waals surface area contributed by atoms with E-state index < -0.39 is 22.8 Å². The minimum absolute atomic E-state index is 0.187. The molecule has 2 unspecified atom stereocenters. The molecule has 0 aliphatic carbocycles. The summed E-state index contributed by atoms with van der Waals surface area (Å²) in [6.07, 6.45) is -0.0212. The van der Waals surface area contributed by atoms with Crippen molar-refractivity contribution in [1.82, 2.24) is 4.31 Å². The number of thioether (sulfide) groups is 1. The molecule has 0 bridgehead atoms. The summed E-state index contributed by atoms with van der Waals surface area (Å²) in [5.41, 5.74) is -2.27. The lowest BCUT2D eigenvalue weighted by Crippen LogP contribution is -2.47. The van der Waals surface area contributed by atoms with Crippen LogP contribution in [-0.2, 0) is 16.6 Å². The standard InChI is InChI=1S/C18H25F3N2O2S2/c1-4-5-16(26-3)27(25)23-12-10-22(11-13-23)15-8-6-14(7-9-15)17(2,24)18(19,20)21/h5-9,24H,4,10-13H2,1-3H3/b16-5+. The molecule has 4 nitrogen and oxygen atoms in total. The fraction of sp³-hybridized carbons (Fsp3) is 0.556. The third kappa shape index (κ3) is 5.07. The number of rotatable bonds is 6. The fourth-order valence-corrected chi connectivity index (χ4v) is 5.07. The molecule has 1 aliphatic rings. The van der Waals surface area contributed by atoms with E-state index in [2.05, 4.69) is 0 Å². The fourth-order valence-electron chi connectivity index (χ4n) is 2.79. The van der Waals surface area contributed by atoms with Crippen molar-refractivity contribution in [2.75, 3.05) is 37.3 Å². The summed E-state index contributed by atoms with van der Waals surface area (Å²) < 4.78 is 54.2. The van der Waals surface area contributed by atoms with E-state index in [0.29, 0.717) is 26.2 Å². The highest BCUT2D eigenvalue weighted by Crippen LogP contribution is 2.39. The van der Waals surface area contributed by atoms with Crippen LogP contribution in [0.3, 0.4) is 0 Å². The Kier molecular flexibility index (Phi) is 7.40. The predicted octanol–water partition coefficient (Wildman–Crippen LogP) is 3.86. The molecule has 0 radical (unpaired) electrons. The summed E-state index contributed by atoms with van der Waals surface area (Å²) in [5, 5.41) is 9.75. The van der Waals surface area contributed by atoms with Crippen molar-refractivity contribution in [3.63, 3.8) is 0 Å². The highest BCUT2D eigenvalue weighted by atomic mass is 32.2. The molecule has 1 heterocycles. The SMILES string of the molecule is CC/C=C(\SC)S(=O)N1CCN(c2ccc(C(C)(O)C(F)(F)F)cc2)CC1. The average Bonchev–Trinajstić information content (AvgIpc) is 2.65. The van der Waals surface area contributed by atoms with Crippen molar-refractivity contribution >= 4 is 28.4 Å². The Labute approximate surface area is 165 Å². The molecular formula is C18H25F3N2O2S2. The molecule has 1 fully saturated rings. The zero-order valence-electron chi connectivity index (χ0n) is 15.6. The molecule has 2 rings (SSSR count). The number of anilines is 1. The first kappa shape index (κ1) is 22.3. The molecule has 0 spiro atoms. The molecule has 2 atom stereocenters. The minimum atomic E-state index is -4.73. The second-order valence-corrected chi connectivity index (χ2v) is 8.98. The topological polar surface area (TPSA) is 43.8 Å². The first-order valence-electron chi connectivity index (χ1n) is 8.67. The van der Waals surface area contributed by atoms with Gasteiger partial charge in [-0.3, -0.25) is 0 Å². The monoisotopic (exact) mass is 422 g/mol. The van der Waals surface area contributed by atoms with Gasteiger partial charge in [0.25, 0.3) is 0 Å². The van der Waals surface area contributed by atoms with Gasteiger partial charge in [-0.15, -0.1) is 11.8 Å². The Balaban J connectivity index is 2.03. The van der Waals surface area contributed by atoms with E-state index in [4.69, 9.17) is 0 Å². The first-order valence-corrected chi connectivity index (χ1v) is 11.0. The Bertz CT molecular complexity index is 683. The molecular weight excluding hydrogens is 397 g/mol. The van der Waals surface area contributed by atoms with Crippen LogP contribution in [-0.4, -0.2) is 52.2 Å². The van der Waals surface area contributed by atoms with Crippen molar-refractivity contribution in [2.45, 2.75) is 32.0 Å². The average molecular weight is 423 g/mol. The van der Waals surface area contributed by atoms with Gasteiger partial charge in [-0.05, 0) is 37.3 Å². The van der Waals surface area contributed by atoms with Crippen molar-refractivity contribution in [2.24, 2.45) is 0 Å². The number of hydrogen-bond donors (Lipinski definition) is 1. The zero-order chi connectivity index (χ0) is 20.2. The number of allylic oxidation sites excluding steroid dienone is 1. The first-order chi connectivity index (χ1) is 12.6. The summed E-state index contributed by atoms with van der Waals surface area (Å²) in [6.45, 7) is 5.24. The molecule has 1 aromatic carbocycles. The number of halogens is 3. The number of aliphatic hydroxyl groups is 1. The summed E-state index contributed by atoms with van der Waals surface area (Å²) in [4.78, 5) is 2.04. The van der Waals surface area contributed by atoms with Gasteiger partial charge in [0.2, 0.25) is 0 Å². The van der Waals surface area contributed by atoms with Crippen LogP contribution in [0.25, 0.3) is 0 Å². The van der Waals surface area contributed by atoms with Crippen LogP contribution in [0.1, 0.15) is 25.8 Å². The van der Waals surface area contributed by atoms with E-state index in [1.54, 1.807) is 12.1 Å². The second kappa shape index (κ2) is 8.98. The maximum atomic E-state index is 12.9. The number of benzene rings is 1. The van der Waals surface area contributed by atoms with E-state index in [9.17, 15) is 22.5 Å². The van der Waals surface area contributed by atoms with Crippen molar-refractivity contribution in [3.05, 3.63) is 40.1 Å². The maximum Gasteiger partial charge on any atom is 0.421 e. The van der Waals surface area contributed by atoms with Crippen LogP contribution < -0.4 is 4.90 Å². The summed E-state index contributed by atoms with van der Waals surface area (Å²) in [6, 6.07) is 5.80. The molecule has 1 aliphatic heterocycles. The number of hydrogen-bond acceptors (Lipinski definition) is 4. The third-order valence-corrected chi connectivity index (χ3v) is 7.41. The van der Waals surface area contributed by atoms with Crippen LogP contribution in [0, 0.1) is 0 Å². The number of nitrogens with zero attached hydrogens (tertiary/aromatic N) is 2. The number of alkyl halides is 3. The number of piperazine rings is 1. The third-order valence-electron chi connectivity index (χ3n) is 4.56. The van der Waals surface area contributed by atoms with Gasteiger partial charge in [-0.2, -0.15) is 13.2 Å². The summed E-state index contributed by atoms with van der Waals surface area (Å²) in [7, 11) is -1.17. The normalized spacial score (nSPS) is 20.4. The van der Waals surface area contributed by atoms with Gasteiger partial charge in [0.1, 0.15) is 11.0 Å². The van der Waals surface area contributed by atoms with Crippen molar-refractivity contribution in [1.29, 1.82) is 0 Å². The van der Waals surface area contributed by atoms with E-state index in [1.807, 2.05) is 28.5 Å². The molecule has 0 amide bonds. The van der Waals surface area contributed by atoms with Crippen molar-refractivity contribution < 1.29 is 22.5 Å². The van der Waals surface area contributed by atoms with Gasteiger partial charge < -0.3 is 10.0 Å². The van der Waals surface area contributed by atoms with Gasteiger partial charge in [-0.1, -0.05) is 25.1 Å². The summed E-state index contributed by atoms with van der Waals surface area (Å²) in [5.74, 6) is 0. The quantitative estimate of drug-likeness (QED) is 0.756. The van der Waals surface area contributed by atoms with E-state index in [1.165, 1.54) is 23.9 Å². The van der Waals surface area contributed by atoms with E-state index in [-0.39, 0.29) is 5.56 Å². The highest BCUT2D eigenvalue weighted by molar-refractivity contribution is 8.15. The Morgan fingerprint density at radius 1 is 1.22 bits per heavy atom. The molecule has 1 saturated heterocycles. The predicted molar refractivity (Wildman–Crippen MR) is 106 cm³/mol. The van der Waals surface area contributed by atoms with Gasteiger partial charge >= 0.3 is 6.18 Å². The lowest BCUT2D eigenvalue weighted by atomic mass is 9.95. The Morgan fingerprint density at radius 2 is 1.78 bits per heavy atom. The van der Waals surface area contributed by atoms with Gasteiger partial charge in [0, 0.05) is 31.9 Å². The molecule has 1 N–H and O–H groups in total. The largest absolute Gasteiger partial charge is 0.421 e. The van der Waals surface area contributed by atoms with E-state index >= 15 is 0 Å². The lowest BCUT2D eigenvalue weighted by Gasteiger charge is -2.35. The molecule has 1 aromatic rings. The highest BCUT2D eigenvalue weighted by Gasteiger charge is 2.51. The van der Waals surface area contributed by atoms with Crippen LogP contribution in [0.5, 0.6) is 0 Å². The molecule has 152 valence electrons. The molecule has 9 heteroatoms. The van der Waals surface area contributed by atoms with Crippen LogP contribution in [0.15, 0.2) is 34.6 Å². The van der Waals surface area contributed by atoms with Crippen LogP contribution >= 0.6 is 11.8 Å². The smallest absolute Gasteiger partial charge is 0.376 e. The Morgan fingerprint density at radius 3 is 2.22 bits per heavy atom. The van der Waals surface area contributed by atoms with Crippen molar-refractivity contribution in [3.8, 4) is 0 Å². The Hall–Kier alpha value is -1.03. The second-order valence-electron chi connectivity index (χ2n) is 6.42. The molecule has 0 saturated carbocycles. The van der Waals surface area contributed by atoms with Crippen LogP contribution in [0.2, 0.25) is 0 Å². The molecule has 27 heavy (non-hydrogen) atoms. The summed E-state index contributed by atoms with van der Waals surface area (Å²) >= 11 is 1.49. The van der Waals surface area contributed by atoms with Gasteiger partial charge in [0.05, 0.1) is 4.24 Å². The van der Waals surface area contributed by atoms with Gasteiger partial charge in [-0.25, -0.2) is 8.51 Å². The van der Waals surface area contributed by atoms with Crippen LogP contribution in [0.4, 0.5) is 18.9 Å². The van der Waals surface area contributed by atoms with Gasteiger partial charge in [0.15, 0.2) is 5.60 Å². The lowest BCUT2D eigenvalue weighted by molar-refractivity contribution is -0.258. The maximum absolute atomic E-state index is 12.9. The minimum Gasteiger partial charge on any atom is -0.376 e. The molecule has 0 aromatic heterocycles.